The molecule has 6 aromatic carbocycles. The van der Waals surface area contributed by atoms with Crippen molar-refractivity contribution in [3.05, 3.63) is 202 Å². The van der Waals surface area contributed by atoms with Crippen molar-refractivity contribution in [1.29, 1.82) is 0 Å². The molecular formula is C126H188N14O3. The second kappa shape index (κ2) is 61.4. The van der Waals surface area contributed by atoms with Crippen LogP contribution in [0.5, 0.6) is 0 Å². The Labute approximate surface area is 863 Å². The molecule has 0 aliphatic heterocycles. The number of hydrogen-bond donors (Lipinski definition) is 3. The first-order valence-electron chi connectivity index (χ1n) is 57.2. The summed E-state index contributed by atoms with van der Waals surface area (Å²) in [6, 6.07) is 51.2. The molecule has 17 heteroatoms. The highest BCUT2D eigenvalue weighted by atomic mass is 16.2. The molecule has 0 spiro atoms. The number of nitrogens with two attached hydrogens (primary N) is 2. The molecule has 0 fully saturated rings. The molecule has 0 aliphatic rings. The van der Waals surface area contributed by atoms with Crippen LogP contribution in [-0.4, -0.2) is 82.2 Å². The molecule has 143 heavy (non-hydrogen) atoms. The van der Waals surface area contributed by atoms with Crippen LogP contribution in [0.3, 0.4) is 0 Å². The molecule has 0 aliphatic carbocycles. The van der Waals surface area contributed by atoms with Crippen LogP contribution in [0.1, 0.15) is 462 Å². The Balaban J connectivity index is 0.000000220. The zero-order chi connectivity index (χ0) is 102. The number of hydrogen-bond acceptors (Lipinski definition) is 11. The van der Waals surface area contributed by atoms with Gasteiger partial charge in [-0.2, -0.15) is 0 Å². The molecule has 3 amide bonds. The van der Waals surface area contributed by atoms with E-state index in [4.69, 9.17) is 31.4 Å². The third-order valence-corrected chi connectivity index (χ3v) is 28.8. The van der Waals surface area contributed by atoms with E-state index in [-0.39, 0.29) is 34.2 Å². The Hall–Kier alpha value is -10.0. The normalized spacial score (nSPS) is 11.9. The lowest BCUT2D eigenvalue weighted by Crippen LogP contribution is -2.45. The Bertz CT molecular complexity index is 5720. The van der Waals surface area contributed by atoms with E-state index in [9.17, 15) is 14.4 Å². The lowest BCUT2D eigenvalue weighted by molar-refractivity contribution is -0.137. The van der Waals surface area contributed by atoms with E-state index in [2.05, 4.69) is 264 Å². The molecular weight excluding hydrogens is 1760 g/mol. The van der Waals surface area contributed by atoms with E-state index in [1.165, 1.54) is 233 Å². The summed E-state index contributed by atoms with van der Waals surface area (Å²) in [6.07, 6.45) is 62.1. The number of nitrogens with one attached hydrogen (secondary N) is 1. The summed E-state index contributed by atoms with van der Waals surface area (Å²) >= 11 is 0. The summed E-state index contributed by atoms with van der Waals surface area (Å²) in [5.41, 5.74) is 29.5. The van der Waals surface area contributed by atoms with Gasteiger partial charge in [-0.15, -0.1) is 0 Å². The van der Waals surface area contributed by atoms with Crippen LogP contribution in [-0.2, 0) is 79.3 Å². The van der Waals surface area contributed by atoms with Crippen molar-refractivity contribution in [2.45, 2.75) is 482 Å². The maximum atomic E-state index is 13.5. The molecule has 6 heterocycles. The number of benzene rings is 6. The molecule has 17 nitrogen and oxygen atoms in total. The number of fused-ring (bicyclic) bond motifs is 9. The van der Waals surface area contributed by atoms with Crippen LogP contribution < -0.4 is 16.8 Å². The average Bonchev–Trinajstić information content (AvgIpc) is 1.56. The van der Waals surface area contributed by atoms with Crippen LogP contribution in [0.15, 0.2) is 146 Å². The summed E-state index contributed by atoms with van der Waals surface area (Å²) in [7, 11) is 0. The Kier molecular flexibility index (Phi) is 49.4. The number of amides is 3. The number of rotatable bonds is 63. The number of carbonyl (C=O) groups is 3. The van der Waals surface area contributed by atoms with Gasteiger partial charge in [0.15, 0.2) is 11.6 Å². The molecule has 0 unspecified atom stereocenters. The Morgan fingerprint density at radius 1 is 0.294 bits per heavy atom. The third kappa shape index (κ3) is 37.8. The highest BCUT2D eigenvalue weighted by Crippen LogP contribution is 2.37. The van der Waals surface area contributed by atoms with Crippen LogP contribution in [0.4, 0.5) is 11.6 Å². The fourth-order valence-electron chi connectivity index (χ4n) is 20.3. The van der Waals surface area contributed by atoms with E-state index in [1.807, 2.05) is 24.3 Å². The molecule has 0 saturated carbocycles. The van der Waals surface area contributed by atoms with Gasteiger partial charge in [0.2, 0.25) is 17.7 Å². The highest BCUT2D eigenvalue weighted by Gasteiger charge is 2.30. The number of anilines is 2. The maximum Gasteiger partial charge on any atom is 0.223 e. The maximum absolute atomic E-state index is 13.5. The van der Waals surface area contributed by atoms with Gasteiger partial charge in [-0.1, -0.05) is 434 Å². The average molecular weight is 1950 g/mol. The second-order valence-corrected chi connectivity index (χ2v) is 44.7. The quantitative estimate of drug-likeness (QED) is 0.0305. The zero-order valence-corrected chi connectivity index (χ0v) is 92.0. The van der Waals surface area contributed by atoms with Gasteiger partial charge in [-0.25, -0.2) is 24.9 Å². The molecule has 0 saturated heterocycles. The van der Waals surface area contributed by atoms with Crippen molar-refractivity contribution >= 4 is 95.2 Å². The van der Waals surface area contributed by atoms with Crippen molar-refractivity contribution in [3.63, 3.8) is 0 Å². The largest absolute Gasteiger partial charge is 0.382 e. The number of para-hydroxylation sites is 3. The molecule has 12 rings (SSSR count). The van der Waals surface area contributed by atoms with Crippen LogP contribution in [0.2, 0.25) is 0 Å². The van der Waals surface area contributed by atoms with Gasteiger partial charge in [0.1, 0.15) is 34.0 Å². The molecule has 0 radical (unpaired) electrons. The standard InChI is InChI=1S/C43H64N4O.C42H63N5O.C41H61N5O/c1-6-8-10-11-12-13-14-15-16-17-18-19-20-26-40(48)44-32-34-27-29-35(30-28-34)33-47-39(25-9-7-2)46-41-38(31-43(3,4)5)45-37-24-22-21-23-36(37)42(41)47;1-6-8-10-11-12-13-14-15-16-17-18-19-20-26-38(48)47(42(3,4)5)32-34-29-27-33(28-30-34)31-46-37(25-9-7-2)45-39-40(46)35-23-21-22-24-36(35)44-41(39)43;1-6-8-10-11-12-13-14-15-16-17-18-19-25-37(47)46(41(3,4)5)31-33-28-26-32(27-29-33)30-45-36(24-9-7-2)44-38-39(45)34-22-20-21-23-35(34)43-40(38)42/h21-24,27-30H,6-20,25-26,31-33H2,1-5H3,(H,44,48);21-24,27-30H,6-20,25-26,31-32H2,1-5H3,(H2,43,44);20-23,26-29H,6-19,24-25,30-31H2,1-5H3,(H2,42,43). The van der Waals surface area contributed by atoms with E-state index < -0.39 is 0 Å². The number of aromatic nitrogens is 9. The summed E-state index contributed by atoms with van der Waals surface area (Å²) in [4.78, 5) is 73.2. The van der Waals surface area contributed by atoms with Gasteiger partial charge in [0.25, 0.3) is 0 Å². The molecule has 0 bridgehead atoms. The number of unbranched alkanes of at least 4 members (excludes halogenated alkanes) is 38. The SMILES string of the molecule is CCCCCCCCCCCCCCC(=O)N(Cc1ccc(Cn2c(CCCC)nc3c(N)nc4ccccc4c32)cc1)C(C)(C)C.CCCCCCCCCCCCCCCC(=O)N(Cc1ccc(Cn2c(CCCC)nc3c(N)nc4ccccc4c32)cc1)C(C)(C)C.CCCCCCCCCCCCCCCC(=O)NCc1ccc(Cn2c(CCCC)nc3c(CC(C)(C)C)nc4ccccc4c32)cc1. The van der Waals surface area contributed by atoms with Crippen molar-refractivity contribution in [1.82, 2.24) is 58.7 Å². The second-order valence-electron chi connectivity index (χ2n) is 44.7. The number of pyridine rings is 3. The van der Waals surface area contributed by atoms with Crippen molar-refractivity contribution in [3.8, 4) is 0 Å². The van der Waals surface area contributed by atoms with Gasteiger partial charge >= 0.3 is 0 Å². The van der Waals surface area contributed by atoms with Gasteiger partial charge < -0.3 is 40.3 Å². The van der Waals surface area contributed by atoms with E-state index >= 15 is 0 Å². The Morgan fingerprint density at radius 3 is 0.853 bits per heavy atom. The lowest BCUT2D eigenvalue weighted by atomic mass is 9.89. The Morgan fingerprint density at radius 2 is 0.552 bits per heavy atom. The monoisotopic (exact) mass is 1950 g/mol. The fraction of sp³-hybridized carbons (Fsp3) is 0.595. The summed E-state index contributed by atoms with van der Waals surface area (Å²) in [6.45, 7) is 37.2. The van der Waals surface area contributed by atoms with Gasteiger partial charge in [0, 0.05) is 105 Å². The number of carbonyl (C=O) groups excluding carboxylic acids is 3. The smallest absolute Gasteiger partial charge is 0.223 e. The van der Waals surface area contributed by atoms with E-state index in [0.29, 0.717) is 63.6 Å². The first-order chi connectivity index (χ1) is 69.2. The van der Waals surface area contributed by atoms with E-state index in [1.54, 1.807) is 0 Å². The van der Waals surface area contributed by atoms with Crippen molar-refractivity contribution in [2.24, 2.45) is 5.41 Å². The van der Waals surface area contributed by atoms with Gasteiger partial charge in [0.05, 0.1) is 38.8 Å². The van der Waals surface area contributed by atoms with Crippen LogP contribution in [0.25, 0.3) is 65.8 Å². The van der Waals surface area contributed by atoms with E-state index in [0.717, 1.165) is 204 Å². The minimum Gasteiger partial charge on any atom is -0.382 e. The first-order valence-corrected chi connectivity index (χ1v) is 57.2. The zero-order valence-electron chi connectivity index (χ0n) is 92.0. The van der Waals surface area contributed by atoms with Gasteiger partial charge in [-0.3, -0.25) is 19.4 Å². The topological polar surface area (TPSA) is 214 Å². The van der Waals surface area contributed by atoms with Crippen molar-refractivity contribution in [2.75, 3.05) is 11.5 Å². The molecule has 0 atom stereocenters. The van der Waals surface area contributed by atoms with Gasteiger partial charge in [-0.05, 0) is 143 Å². The fourth-order valence-corrected chi connectivity index (χ4v) is 20.3. The number of nitrogen functional groups attached to an aromatic ring is 2. The lowest BCUT2D eigenvalue weighted by Gasteiger charge is -2.36. The van der Waals surface area contributed by atoms with Crippen LogP contribution in [0, 0.1) is 5.41 Å². The summed E-state index contributed by atoms with van der Waals surface area (Å²) < 4.78 is 7.11. The summed E-state index contributed by atoms with van der Waals surface area (Å²) in [5, 5.41) is 6.48. The number of nitrogens with zero attached hydrogens (tertiary/aromatic N) is 11. The molecule has 6 aromatic heterocycles. The third-order valence-electron chi connectivity index (χ3n) is 28.8. The predicted molar refractivity (Wildman–Crippen MR) is 608 cm³/mol. The predicted octanol–water partition coefficient (Wildman–Crippen LogP) is 33.6. The van der Waals surface area contributed by atoms with Crippen LogP contribution >= 0.6 is 0 Å². The molecule has 12 aromatic rings. The minimum atomic E-state index is -0.231. The summed E-state index contributed by atoms with van der Waals surface area (Å²) in [5.74, 6) is 4.91. The minimum absolute atomic E-state index is 0.118. The molecule has 5 N–H and O–H groups in total. The highest BCUT2D eigenvalue weighted by molar-refractivity contribution is 6.08. The van der Waals surface area contributed by atoms with Crippen molar-refractivity contribution < 1.29 is 14.4 Å². The number of aryl methyl sites for hydroxylation is 3. The molecule has 780 valence electrons. The first kappa shape index (κ1) is 115. The number of imidazole rings is 3.